The van der Waals surface area contributed by atoms with Gasteiger partial charge in [0.25, 0.3) is 7.82 Å². The Balaban J connectivity index is -0.000000578. The van der Waals surface area contributed by atoms with Crippen LogP contribution in [0.2, 0.25) is 0 Å². The molecule has 0 aromatic rings. The maximum atomic E-state index is 10.7. The van der Waals surface area contributed by atoms with Gasteiger partial charge in [0.05, 0.1) is 0 Å². The molecule has 2 atom stereocenters. The summed E-state index contributed by atoms with van der Waals surface area (Å²) in [7, 11) is -27.5. The molecule has 0 spiro atoms. The van der Waals surface area contributed by atoms with Crippen LogP contribution < -0.4 is 34.5 Å². The summed E-state index contributed by atoms with van der Waals surface area (Å²) >= 11 is 0. The number of rotatable bonds is 6. The van der Waals surface area contributed by atoms with Gasteiger partial charge in [-0.1, -0.05) is 0 Å². The molecule has 23 heavy (non-hydrogen) atoms. The van der Waals surface area contributed by atoms with Crippen LogP contribution in [0.15, 0.2) is 0 Å². The standard InChI is InChI=1S/Na.H6O13P4.H3O4P/c;1-14(2,3)11-16(7,8)13-17(9,10)12-15(4,5)6;1-5(2,3)4/h;(H,7,8)(H,9,10)(H2,1,2,3)(H2,4,5,6);(H3,1,2,3,4)/q+1;;/p-1. The average Bonchev–Trinajstić information content (AvgIpc) is 1.82. The third-order valence-electron chi connectivity index (χ3n) is 0.625. The van der Waals surface area contributed by atoms with E-state index in [1.165, 1.54) is 0 Å². The summed E-state index contributed by atoms with van der Waals surface area (Å²) in [4.78, 5) is 72.4. The molecule has 0 radical (unpaired) electrons. The van der Waals surface area contributed by atoms with Gasteiger partial charge in [-0.3, -0.25) is 4.57 Å². The van der Waals surface area contributed by atoms with E-state index in [-0.39, 0.29) is 29.6 Å². The van der Waals surface area contributed by atoms with Crippen molar-refractivity contribution in [1.29, 1.82) is 0 Å². The van der Waals surface area contributed by atoms with Crippen molar-refractivity contribution in [3.05, 3.63) is 0 Å². The second kappa shape index (κ2) is 10.1. The molecule has 0 aromatic heterocycles. The van der Waals surface area contributed by atoms with Gasteiger partial charge < -0.3 is 44.0 Å². The Morgan fingerprint density at radius 3 is 0.870 bits per heavy atom. The zero-order valence-electron chi connectivity index (χ0n) is 10.5. The zero-order valence-corrected chi connectivity index (χ0v) is 17.0. The average molecular weight is 458 g/mol. The Labute approximate surface area is 148 Å². The van der Waals surface area contributed by atoms with Crippen molar-refractivity contribution in [3.8, 4) is 0 Å². The first kappa shape index (κ1) is 29.4. The Morgan fingerprint density at radius 1 is 0.565 bits per heavy atom. The molecule has 0 aliphatic rings. The Hall–Kier alpha value is 1.67. The van der Waals surface area contributed by atoms with Gasteiger partial charge in [0.2, 0.25) is 0 Å². The molecule has 0 aliphatic carbocycles. The van der Waals surface area contributed by atoms with Gasteiger partial charge >= 0.3 is 60.8 Å². The smallest absolute Gasteiger partial charge is 0.756 e. The van der Waals surface area contributed by atoms with Crippen LogP contribution in [0.3, 0.4) is 0 Å². The maximum absolute atomic E-state index is 10.7. The molecule has 0 saturated heterocycles. The van der Waals surface area contributed by atoms with E-state index in [0.717, 1.165) is 0 Å². The molecule has 0 bridgehead atoms. The maximum Gasteiger partial charge on any atom is 1.00 e. The van der Waals surface area contributed by atoms with Gasteiger partial charge in [0, 0.05) is 0 Å². The van der Waals surface area contributed by atoms with Crippen molar-refractivity contribution in [2.45, 2.75) is 0 Å². The molecule has 0 aromatic carbocycles. The van der Waals surface area contributed by atoms with Crippen LogP contribution in [0.1, 0.15) is 0 Å². The van der Waals surface area contributed by atoms with Gasteiger partial charge in [-0.05, 0) is 0 Å². The molecular formula is H8NaO17P5. The summed E-state index contributed by atoms with van der Waals surface area (Å²) in [6.45, 7) is 0. The van der Waals surface area contributed by atoms with E-state index in [1.807, 2.05) is 0 Å². The largest absolute Gasteiger partial charge is 1.00 e. The fraction of sp³-hybridized carbons (Fsp3) is 0. The summed E-state index contributed by atoms with van der Waals surface area (Å²) in [5.74, 6) is 0. The van der Waals surface area contributed by atoms with Crippen LogP contribution in [0, 0.1) is 0 Å². The minimum absolute atomic E-state index is 0. The molecule has 0 amide bonds. The van der Waals surface area contributed by atoms with Crippen molar-refractivity contribution in [2.24, 2.45) is 0 Å². The fourth-order valence-corrected chi connectivity index (χ4v) is 4.40. The second-order valence-corrected chi connectivity index (χ2v) is 9.43. The van der Waals surface area contributed by atoms with E-state index in [2.05, 4.69) is 12.9 Å². The van der Waals surface area contributed by atoms with E-state index in [1.54, 1.807) is 0 Å². The van der Waals surface area contributed by atoms with Gasteiger partial charge in [-0.2, -0.15) is 12.9 Å². The molecule has 0 fully saturated rings. The van der Waals surface area contributed by atoms with Crippen molar-refractivity contribution >= 4 is 39.1 Å². The van der Waals surface area contributed by atoms with Gasteiger partial charge in [0.1, 0.15) is 0 Å². The summed E-state index contributed by atoms with van der Waals surface area (Å²) in [5.41, 5.74) is 0. The Morgan fingerprint density at radius 2 is 0.739 bits per heavy atom. The molecule has 23 heteroatoms. The number of hydrogen-bond donors (Lipinski definition) is 8. The normalized spacial score (nSPS) is 17.8. The first-order valence-electron chi connectivity index (χ1n) is 3.79. The number of phosphoric acid groups is 5. The van der Waals surface area contributed by atoms with E-state index in [4.69, 9.17) is 48.6 Å². The molecule has 0 saturated carbocycles. The predicted molar refractivity (Wildman–Crippen MR) is 59.0 cm³/mol. The first-order valence-corrected chi connectivity index (χ1v) is 11.4. The van der Waals surface area contributed by atoms with Crippen LogP contribution in [-0.2, 0) is 35.8 Å². The molecule has 0 rings (SSSR count). The van der Waals surface area contributed by atoms with Crippen molar-refractivity contribution < 1.29 is 109 Å². The molecule has 0 aliphatic heterocycles. The Bertz CT molecular complexity index is 532. The van der Waals surface area contributed by atoms with Crippen LogP contribution >= 0.6 is 39.1 Å². The summed E-state index contributed by atoms with van der Waals surface area (Å²) in [5, 5.41) is 0. The minimum Gasteiger partial charge on any atom is -0.756 e. The van der Waals surface area contributed by atoms with E-state index >= 15 is 0 Å². The number of hydrogen-bond acceptors (Lipinski definition) is 9. The predicted octanol–water partition coefficient (Wildman–Crippen LogP) is -5.13. The van der Waals surface area contributed by atoms with Gasteiger partial charge in [-0.15, -0.1) is 0 Å². The molecule has 17 nitrogen and oxygen atoms in total. The molecular weight excluding hydrogens is 450 g/mol. The van der Waals surface area contributed by atoms with Crippen molar-refractivity contribution in [1.82, 2.24) is 0 Å². The van der Waals surface area contributed by atoms with Crippen molar-refractivity contribution in [3.63, 3.8) is 0 Å². The topological polar surface area (TPSA) is 298 Å². The van der Waals surface area contributed by atoms with Crippen LogP contribution in [0.5, 0.6) is 0 Å². The summed E-state index contributed by atoms with van der Waals surface area (Å²) in [6, 6.07) is 0. The third kappa shape index (κ3) is 28.7. The quantitative estimate of drug-likeness (QED) is 0.136. The van der Waals surface area contributed by atoms with E-state index in [0.29, 0.717) is 0 Å². The Kier molecular flexibility index (Phi) is 13.0. The van der Waals surface area contributed by atoms with E-state index < -0.39 is 39.1 Å². The molecule has 136 valence electrons. The fourth-order valence-electron chi connectivity index (χ4n) is 0.429. The second-order valence-electron chi connectivity index (χ2n) is 2.65. The van der Waals surface area contributed by atoms with Crippen LogP contribution in [0.4, 0.5) is 0 Å². The van der Waals surface area contributed by atoms with Crippen LogP contribution in [-0.4, -0.2) is 39.1 Å². The monoisotopic (exact) mass is 458 g/mol. The van der Waals surface area contributed by atoms with Crippen LogP contribution in [0.25, 0.3) is 0 Å². The van der Waals surface area contributed by atoms with E-state index in [9.17, 15) is 18.3 Å². The van der Waals surface area contributed by atoms with Gasteiger partial charge in [-0.25, -0.2) is 18.3 Å². The van der Waals surface area contributed by atoms with Gasteiger partial charge in [0.15, 0.2) is 0 Å². The molecule has 2 unspecified atom stereocenters. The molecule has 8 N–H and O–H groups in total. The third-order valence-corrected chi connectivity index (χ3v) is 5.63. The first-order chi connectivity index (χ1) is 9.12. The summed E-state index contributed by atoms with van der Waals surface area (Å²) in [6.07, 6.45) is 0. The molecule has 0 heterocycles. The van der Waals surface area contributed by atoms with Crippen molar-refractivity contribution in [2.75, 3.05) is 0 Å². The zero-order chi connectivity index (χ0) is 18.6. The summed E-state index contributed by atoms with van der Waals surface area (Å²) < 4.78 is 59.7. The minimum atomic E-state index is -5.77. The SMILES string of the molecule is O=P(O)(O)OP(=O)(O)OP(=O)(O)OP(=O)(O)O.O=P([O-])(O)O.[Na+].